The first-order valence-electron chi connectivity index (χ1n) is 10.7. The smallest absolute Gasteiger partial charge is 0.330 e. The van der Waals surface area contributed by atoms with Crippen LogP contribution in [-0.4, -0.2) is 56.5 Å². The van der Waals surface area contributed by atoms with E-state index in [1.54, 1.807) is 17.5 Å². The Morgan fingerprint density at radius 3 is 2.81 bits per heavy atom. The zero-order chi connectivity index (χ0) is 22.3. The third-order valence-corrected chi connectivity index (χ3v) is 6.86. The van der Waals surface area contributed by atoms with E-state index in [0.717, 1.165) is 48.3 Å². The highest BCUT2D eigenvalue weighted by molar-refractivity contribution is 7.18. The van der Waals surface area contributed by atoms with Gasteiger partial charge in [-0.1, -0.05) is 29.5 Å². The second-order valence-corrected chi connectivity index (χ2v) is 10.3. The fourth-order valence-corrected chi connectivity index (χ4v) is 5.17. The molecule has 0 amide bonds. The van der Waals surface area contributed by atoms with E-state index >= 15 is 0 Å². The Morgan fingerprint density at radius 1 is 1.25 bits per heavy atom. The number of fused-ring (bicyclic) bond motifs is 2. The number of esters is 1. The van der Waals surface area contributed by atoms with Gasteiger partial charge >= 0.3 is 5.97 Å². The highest BCUT2D eigenvalue weighted by Crippen LogP contribution is 2.46. The van der Waals surface area contributed by atoms with Crippen LogP contribution in [0.4, 0.5) is 5.13 Å². The van der Waals surface area contributed by atoms with Crippen LogP contribution in [0.25, 0.3) is 10.7 Å². The summed E-state index contributed by atoms with van der Waals surface area (Å²) in [7, 11) is 0. The molecule has 1 saturated heterocycles. The summed E-state index contributed by atoms with van der Waals surface area (Å²) in [5.74, 6) is 1.09. The highest BCUT2D eigenvalue weighted by Gasteiger charge is 2.43. The number of carbonyl (C=O) groups excluding carboxylic acids is 1. The number of para-hydroxylation sites is 1. The number of piperidine rings is 1. The van der Waals surface area contributed by atoms with E-state index in [0.29, 0.717) is 5.82 Å². The van der Waals surface area contributed by atoms with Crippen LogP contribution in [0.1, 0.15) is 39.2 Å². The van der Waals surface area contributed by atoms with Gasteiger partial charge in [0.25, 0.3) is 0 Å². The summed E-state index contributed by atoms with van der Waals surface area (Å²) in [5.41, 5.74) is 0.900. The number of carbonyl (C=O) groups is 1. The van der Waals surface area contributed by atoms with Crippen molar-refractivity contribution in [2.24, 2.45) is 0 Å². The molecule has 5 rings (SSSR count). The van der Waals surface area contributed by atoms with Gasteiger partial charge < -0.3 is 14.4 Å². The second kappa shape index (κ2) is 7.84. The van der Waals surface area contributed by atoms with Crippen LogP contribution in [0.5, 0.6) is 5.75 Å². The zero-order valence-corrected chi connectivity index (χ0v) is 19.3. The van der Waals surface area contributed by atoms with Gasteiger partial charge in [-0.3, -0.25) is 0 Å². The number of rotatable bonds is 4. The topological polar surface area (TPSA) is 95.3 Å². The van der Waals surface area contributed by atoms with Crippen molar-refractivity contribution in [2.75, 3.05) is 24.6 Å². The summed E-state index contributed by atoms with van der Waals surface area (Å²) in [6.45, 7) is 8.00. The van der Waals surface area contributed by atoms with Crippen LogP contribution in [0.2, 0.25) is 0 Å². The lowest BCUT2D eigenvalue weighted by molar-refractivity contribution is -0.156. The number of aromatic nitrogens is 5. The fraction of sp³-hybridized carbons (Fsp3) is 0.500. The predicted molar refractivity (Wildman–Crippen MR) is 120 cm³/mol. The number of tetrazole rings is 1. The van der Waals surface area contributed by atoms with Gasteiger partial charge in [0, 0.05) is 24.1 Å². The van der Waals surface area contributed by atoms with Crippen molar-refractivity contribution in [1.29, 1.82) is 0 Å². The van der Waals surface area contributed by atoms with Crippen molar-refractivity contribution in [3.8, 4) is 16.5 Å². The van der Waals surface area contributed by atoms with Gasteiger partial charge in [-0.15, -0.1) is 10.2 Å². The molecule has 2 aliphatic heterocycles. The Bertz CT molecular complexity index is 1130. The molecule has 2 aliphatic rings. The number of hydrogen-bond acceptors (Lipinski definition) is 9. The molecule has 0 saturated carbocycles. The molecule has 3 aromatic rings. The van der Waals surface area contributed by atoms with Gasteiger partial charge in [-0.05, 0) is 44.9 Å². The Labute approximate surface area is 190 Å². The van der Waals surface area contributed by atoms with Crippen molar-refractivity contribution < 1.29 is 14.3 Å². The van der Waals surface area contributed by atoms with Crippen LogP contribution in [0, 0.1) is 0 Å². The van der Waals surface area contributed by atoms with E-state index in [1.165, 1.54) is 10.4 Å². The number of ether oxygens (including phenoxy) is 2. The van der Waals surface area contributed by atoms with E-state index in [9.17, 15) is 4.79 Å². The molecule has 4 heterocycles. The molecule has 0 aliphatic carbocycles. The molecular weight excluding hydrogens is 428 g/mol. The molecule has 32 heavy (non-hydrogen) atoms. The van der Waals surface area contributed by atoms with E-state index in [1.807, 2.05) is 26.8 Å². The maximum absolute atomic E-state index is 12.0. The molecule has 1 spiro atoms. The molecule has 2 aromatic heterocycles. The van der Waals surface area contributed by atoms with Crippen LogP contribution in [0.15, 0.2) is 30.5 Å². The predicted octanol–water partition coefficient (Wildman–Crippen LogP) is 3.07. The van der Waals surface area contributed by atoms with E-state index in [-0.39, 0.29) is 12.0 Å². The maximum Gasteiger partial charge on any atom is 0.330 e. The highest BCUT2D eigenvalue weighted by atomic mass is 32.1. The normalized spacial score (nSPS) is 17.3. The molecule has 9 nitrogen and oxygen atoms in total. The summed E-state index contributed by atoms with van der Waals surface area (Å²) >= 11 is 1.54. The van der Waals surface area contributed by atoms with Crippen molar-refractivity contribution in [3.63, 3.8) is 0 Å². The lowest BCUT2D eigenvalue weighted by Crippen LogP contribution is -2.43. The Balaban J connectivity index is 1.23. The largest absolute Gasteiger partial charge is 0.492 e. The van der Waals surface area contributed by atoms with Crippen LogP contribution >= 0.6 is 11.3 Å². The van der Waals surface area contributed by atoms with Gasteiger partial charge in [0.2, 0.25) is 5.82 Å². The summed E-state index contributed by atoms with van der Waals surface area (Å²) in [6, 6.07) is 8.39. The first-order valence-corrected chi connectivity index (χ1v) is 11.6. The average molecular weight is 455 g/mol. The minimum Gasteiger partial charge on any atom is -0.492 e. The maximum atomic E-state index is 12.0. The lowest BCUT2D eigenvalue weighted by atomic mass is 9.74. The molecule has 0 atom stereocenters. The molecular formula is C22H26N6O3S. The van der Waals surface area contributed by atoms with Crippen molar-refractivity contribution in [3.05, 3.63) is 36.0 Å². The standard InChI is InChI=1S/C22H26N6O3S/c1-21(2,3)31-18(29)13-28-25-19(24-26-28)17-12-23-20(32-17)27-10-8-22(9-11-27)14-30-16-7-5-4-6-15(16)22/h4-7,12H,8-11,13-14H2,1-3H3. The first-order chi connectivity index (χ1) is 15.3. The van der Waals surface area contributed by atoms with Crippen LogP contribution in [-0.2, 0) is 21.5 Å². The Hall–Kier alpha value is -3.01. The number of thiazole rings is 1. The molecule has 0 N–H and O–H groups in total. The molecule has 0 radical (unpaired) electrons. The Kier molecular flexibility index (Phi) is 5.11. The van der Waals surface area contributed by atoms with E-state index in [2.05, 4.69) is 43.5 Å². The molecule has 0 bridgehead atoms. The fourth-order valence-electron chi connectivity index (χ4n) is 4.28. The van der Waals surface area contributed by atoms with E-state index < -0.39 is 11.6 Å². The van der Waals surface area contributed by atoms with Gasteiger partial charge in [0.1, 0.15) is 11.4 Å². The third-order valence-electron chi connectivity index (χ3n) is 5.81. The third kappa shape index (κ3) is 4.06. The monoisotopic (exact) mass is 454 g/mol. The quantitative estimate of drug-likeness (QED) is 0.555. The molecule has 1 fully saturated rings. The Morgan fingerprint density at radius 2 is 2.03 bits per heavy atom. The summed E-state index contributed by atoms with van der Waals surface area (Å²) in [6.07, 6.45) is 3.83. The molecule has 1 aromatic carbocycles. The molecule has 168 valence electrons. The van der Waals surface area contributed by atoms with E-state index in [4.69, 9.17) is 9.47 Å². The summed E-state index contributed by atoms with van der Waals surface area (Å²) in [5, 5.41) is 13.3. The van der Waals surface area contributed by atoms with Gasteiger partial charge in [0.15, 0.2) is 11.7 Å². The molecule has 0 unspecified atom stereocenters. The summed E-state index contributed by atoms with van der Waals surface area (Å²) < 4.78 is 11.3. The average Bonchev–Trinajstić information content (AvgIpc) is 3.47. The minimum absolute atomic E-state index is 0.0757. The first kappa shape index (κ1) is 20.9. The SMILES string of the molecule is CC(C)(C)OC(=O)Cn1nnc(-c2cnc(N3CCC4(CC3)COc3ccccc34)s2)n1. The minimum atomic E-state index is -0.549. The number of benzene rings is 1. The zero-order valence-electron chi connectivity index (χ0n) is 18.4. The van der Waals surface area contributed by atoms with Gasteiger partial charge in [0.05, 0.1) is 17.7 Å². The lowest BCUT2D eigenvalue weighted by Gasteiger charge is -2.38. The van der Waals surface area contributed by atoms with Crippen molar-refractivity contribution in [1.82, 2.24) is 25.2 Å². The number of hydrogen-bond donors (Lipinski definition) is 0. The van der Waals surface area contributed by atoms with Crippen molar-refractivity contribution in [2.45, 2.75) is 51.2 Å². The number of nitrogens with zero attached hydrogens (tertiary/aromatic N) is 6. The van der Waals surface area contributed by atoms with Crippen LogP contribution in [0.3, 0.4) is 0 Å². The number of anilines is 1. The van der Waals surface area contributed by atoms with Crippen molar-refractivity contribution >= 4 is 22.4 Å². The van der Waals surface area contributed by atoms with Gasteiger partial charge in [-0.25, -0.2) is 9.78 Å². The van der Waals surface area contributed by atoms with Gasteiger partial charge in [-0.2, -0.15) is 4.80 Å². The van der Waals surface area contributed by atoms with Crippen LogP contribution < -0.4 is 9.64 Å². The summed E-state index contributed by atoms with van der Waals surface area (Å²) in [4.78, 5) is 21.0. The molecule has 10 heteroatoms. The second-order valence-electron chi connectivity index (χ2n) is 9.29.